The zero-order valence-electron chi connectivity index (χ0n) is 7.82. The molecule has 0 aliphatic heterocycles. The molecule has 0 bridgehead atoms. The van der Waals surface area contributed by atoms with Gasteiger partial charge < -0.3 is 10.4 Å². The van der Waals surface area contributed by atoms with E-state index in [1.807, 2.05) is 24.3 Å². The summed E-state index contributed by atoms with van der Waals surface area (Å²) in [5, 5.41) is 12.7. The Balaban J connectivity index is 2.22. The van der Waals surface area contributed by atoms with Crippen LogP contribution in [0.5, 0.6) is 0 Å². The summed E-state index contributed by atoms with van der Waals surface area (Å²) in [6, 6.07) is 7.60. The van der Waals surface area contributed by atoms with Gasteiger partial charge in [-0.25, -0.2) is 4.98 Å². The lowest BCUT2D eigenvalue weighted by molar-refractivity contribution is 0.208. The van der Waals surface area contributed by atoms with Crippen LogP contribution in [-0.4, -0.2) is 20.1 Å². The van der Waals surface area contributed by atoms with Gasteiger partial charge in [-0.3, -0.25) is 0 Å². The zero-order valence-corrected chi connectivity index (χ0v) is 10.9. The van der Waals surface area contributed by atoms with Crippen molar-refractivity contribution in [1.82, 2.24) is 4.98 Å². The van der Waals surface area contributed by atoms with Gasteiger partial charge in [0.15, 0.2) is 11.4 Å². The predicted molar refractivity (Wildman–Crippen MR) is 69.5 cm³/mol. The molecular formula is C9H7Cl3N2OS. The van der Waals surface area contributed by atoms with Crippen LogP contribution in [-0.2, 0) is 0 Å². The van der Waals surface area contributed by atoms with Crippen molar-refractivity contribution in [3.05, 3.63) is 24.3 Å². The van der Waals surface area contributed by atoms with Crippen molar-refractivity contribution in [2.75, 3.05) is 5.32 Å². The predicted octanol–water partition coefficient (Wildman–Crippen LogP) is 3.40. The quantitative estimate of drug-likeness (QED) is 0.659. The molecule has 0 amide bonds. The summed E-state index contributed by atoms with van der Waals surface area (Å²) in [5.41, 5.74) is 0.839. The molecule has 0 radical (unpaired) electrons. The van der Waals surface area contributed by atoms with Gasteiger partial charge in [0, 0.05) is 0 Å². The maximum Gasteiger partial charge on any atom is 0.234 e. The molecule has 16 heavy (non-hydrogen) atoms. The summed E-state index contributed by atoms with van der Waals surface area (Å²) in [5.74, 6) is 0. The lowest BCUT2D eigenvalue weighted by Gasteiger charge is -2.19. The van der Waals surface area contributed by atoms with Crippen molar-refractivity contribution in [2.24, 2.45) is 0 Å². The Morgan fingerprint density at radius 1 is 1.31 bits per heavy atom. The number of aliphatic hydroxyl groups is 1. The molecule has 0 aliphatic rings. The molecule has 2 aromatic rings. The van der Waals surface area contributed by atoms with E-state index in [0.29, 0.717) is 5.13 Å². The third kappa shape index (κ3) is 2.70. The van der Waals surface area contributed by atoms with Crippen LogP contribution in [0.2, 0.25) is 0 Å². The van der Waals surface area contributed by atoms with Crippen molar-refractivity contribution in [3.8, 4) is 0 Å². The number of halogens is 3. The van der Waals surface area contributed by atoms with Gasteiger partial charge in [-0.05, 0) is 12.1 Å². The minimum atomic E-state index is -1.78. The van der Waals surface area contributed by atoms with E-state index in [2.05, 4.69) is 10.3 Å². The summed E-state index contributed by atoms with van der Waals surface area (Å²) < 4.78 is -0.779. The highest BCUT2D eigenvalue weighted by Crippen LogP contribution is 2.33. The summed E-state index contributed by atoms with van der Waals surface area (Å²) in [6.07, 6.45) is -1.29. The number of alkyl halides is 3. The van der Waals surface area contributed by atoms with Crippen LogP contribution in [0, 0.1) is 0 Å². The topological polar surface area (TPSA) is 45.1 Å². The number of hydrogen-bond acceptors (Lipinski definition) is 4. The second-order valence-corrected chi connectivity index (χ2v) is 6.47. The van der Waals surface area contributed by atoms with Crippen molar-refractivity contribution >= 4 is 61.5 Å². The molecule has 1 atom stereocenters. The molecule has 7 heteroatoms. The van der Waals surface area contributed by atoms with Crippen LogP contribution in [0.15, 0.2) is 24.3 Å². The van der Waals surface area contributed by atoms with Crippen molar-refractivity contribution in [2.45, 2.75) is 10.0 Å². The molecule has 1 aromatic heterocycles. The minimum absolute atomic E-state index is 0.514. The Morgan fingerprint density at radius 2 is 2.00 bits per heavy atom. The first kappa shape index (κ1) is 12.2. The van der Waals surface area contributed by atoms with E-state index in [1.165, 1.54) is 11.3 Å². The first-order valence-electron chi connectivity index (χ1n) is 4.34. The van der Waals surface area contributed by atoms with Crippen molar-refractivity contribution < 1.29 is 5.11 Å². The van der Waals surface area contributed by atoms with E-state index in [1.54, 1.807) is 0 Å². The highest BCUT2D eigenvalue weighted by Gasteiger charge is 2.31. The number of nitrogens with zero attached hydrogens (tertiary/aromatic N) is 1. The second kappa shape index (κ2) is 4.55. The number of para-hydroxylation sites is 1. The Bertz CT molecular complexity index is 464. The molecule has 0 unspecified atom stereocenters. The second-order valence-electron chi connectivity index (χ2n) is 3.08. The van der Waals surface area contributed by atoms with Crippen LogP contribution in [0.4, 0.5) is 5.13 Å². The molecule has 0 saturated carbocycles. The van der Waals surface area contributed by atoms with Crippen LogP contribution < -0.4 is 5.32 Å². The van der Waals surface area contributed by atoms with Crippen molar-refractivity contribution in [3.63, 3.8) is 0 Å². The Labute approximate surface area is 111 Å². The summed E-state index contributed by atoms with van der Waals surface area (Å²) >= 11 is 18.0. The van der Waals surface area contributed by atoms with E-state index in [-0.39, 0.29) is 0 Å². The fourth-order valence-corrected chi connectivity index (χ4v) is 2.18. The molecule has 1 aromatic carbocycles. The van der Waals surface area contributed by atoms with Gasteiger partial charge in [0.1, 0.15) is 0 Å². The largest absolute Gasteiger partial charge is 0.369 e. The summed E-state index contributed by atoms with van der Waals surface area (Å²) in [6.45, 7) is 0. The third-order valence-corrected chi connectivity index (χ3v) is 3.45. The van der Waals surface area contributed by atoms with E-state index >= 15 is 0 Å². The first-order valence-corrected chi connectivity index (χ1v) is 6.29. The Kier molecular flexibility index (Phi) is 3.47. The average molecular weight is 298 g/mol. The smallest absolute Gasteiger partial charge is 0.234 e. The van der Waals surface area contributed by atoms with Crippen LogP contribution in [0.1, 0.15) is 0 Å². The Morgan fingerprint density at radius 3 is 2.62 bits per heavy atom. The number of rotatable bonds is 2. The number of aromatic nitrogens is 1. The van der Waals surface area contributed by atoms with Gasteiger partial charge in [-0.15, -0.1) is 0 Å². The summed E-state index contributed by atoms with van der Waals surface area (Å²) in [7, 11) is 0. The maximum atomic E-state index is 9.52. The Hall–Kier alpha value is -0.260. The highest BCUT2D eigenvalue weighted by atomic mass is 35.6. The molecule has 0 spiro atoms. The molecule has 2 N–H and O–H groups in total. The molecule has 3 nitrogen and oxygen atoms in total. The highest BCUT2D eigenvalue weighted by molar-refractivity contribution is 7.22. The number of nitrogens with one attached hydrogen (secondary N) is 1. The number of aliphatic hydroxyl groups excluding tert-OH is 1. The number of anilines is 1. The van der Waals surface area contributed by atoms with Crippen LogP contribution in [0.25, 0.3) is 10.2 Å². The average Bonchev–Trinajstić information content (AvgIpc) is 2.58. The first-order chi connectivity index (χ1) is 7.47. The maximum absolute atomic E-state index is 9.52. The lowest BCUT2D eigenvalue weighted by Crippen LogP contribution is -2.33. The molecule has 0 aliphatic carbocycles. The molecule has 86 valence electrons. The molecule has 2 rings (SSSR count). The number of fused-ring (bicyclic) bond motifs is 1. The molecule has 0 saturated heterocycles. The fourth-order valence-electron chi connectivity index (χ4n) is 1.13. The third-order valence-electron chi connectivity index (χ3n) is 1.86. The SMILES string of the molecule is O[C@H](Nc1nc2ccccc2s1)C(Cl)(Cl)Cl. The van der Waals surface area contributed by atoms with Crippen LogP contribution >= 0.6 is 46.1 Å². The minimum Gasteiger partial charge on any atom is -0.369 e. The van der Waals surface area contributed by atoms with Gasteiger partial charge >= 0.3 is 0 Å². The number of thiazole rings is 1. The fraction of sp³-hybridized carbons (Fsp3) is 0.222. The lowest BCUT2D eigenvalue weighted by atomic mass is 10.3. The van der Waals surface area contributed by atoms with Gasteiger partial charge in [-0.1, -0.05) is 58.3 Å². The molecular weight excluding hydrogens is 291 g/mol. The van der Waals surface area contributed by atoms with E-state index in [9.17, 15) is 5.11 Å². The molecule has 0 fully saturated rings. The van der Waals surface area contributed by atoms with E-state index in [4.69, 9.17) is 34.8 Å². The number of hydrogen-bond donors (Lipinski definition) is 2. The zero-order chi connectivity index (χ0) is 11.8. The standard InChI is InChI=1S/C9H7Cl3N2OS/c10-9(11,12)7(15)14-8-13-5-3-1-2-4-6(5)16-8/h1-4,7,15H,(H,13,14)/t7-/m0/s1. The van der Waals surface area contributed by atoms with E-state index in [0.717, 1.165) is 10.2 Å². The normalized spacial score (nSPS) is 14.0. The molecule has 1 heterocycles. The van der Waals surface area contributed by atoms with E-state index < -0.39 is 10.0 Å². The van der Waals surface area contributed by atoms with Crippen molar-refractivity contribution in [1.29, 1.82) is 0 Å². The van der Waals surface area contributed by atoms with Gasteiger partial charge in [-0.2, -0.15) is 0 Å². The summed E-state index contributed by atoms with van der Waals surface area (Å²) in [4.78, 5) is 4.24. The van der Waals surface area contributed by atoms with Gasteiger partial charge in [0.2, 0.25) is 3.79 Å². The monoisotopic (exact) mass is 296 g/mol. The number of benzene rings is 1. The van der Waals surface area contributed by atoms with Gasteiger partial charge in [0.05, 0.1) is 10.2 Å². The van der Waals surface area contributed by atoms with Crippen LogP contribution in [0.3, 0.4) is 0 Å². The van der Waals surface area contributed by atoms with Gasteiger partial charge in [0.25, 0.3) is 0 Å².